The van der Waals surface area contributed by atoms with E-state index in [1.165, 1.54) is 5.56 Å². The van der Waals surface area contributed by atoms with Crippen LogP contribution in [-0.4, -0.2) is 12.0 Å². The van der Waals surface area contributed by atoms with E-state index in [0.717, 1.165) is 22.2 Å². The Kier molecular flexibility index (Phi) is 5.57. The van der Waals surface area contributed by atoms with Crippen molar-refractivity contribution in [2.45, 2.75) is 39.2 Å². The Hall–Kier alpha value is -2.81. The standard InChI is InChI=1S/C23H25NO2/c1-4-21(23(25)24-19-14-12-17(13-15-19)16(2)3)26-22-11-7-9-18-8-5-6-10-20(18)22/h5-16,21H,4H2,1-3H3,(H,24,25)/t21-/m1/s1. The van der Waals surface area contributed by atoms with Crippen LogP contribution in [0.5, 0.6) is 5.75 Å². The molecule has 0 saturated heterocycles. The lowest BCUT2D eigenvalue weighted by Gasteiger charge is -2.19. The first-order valence-electron chi connectivity index (χ1n) is 9.13. The van der Waals surface area contributed by atoms with Crippen molar-refractivity contribution < 1.29 is 9.53 Å². The minimum atomic E-state index is -0.536. The fourth-order valence-corrected chi connectivity index (χ4v) is 2.95. The molecule has 0 aliphatic carbocycles. The molecular formula is C23H25NO2. The molecule has 1 atom stereocenters. The molecular weight excluding hydrogens is 322 g/mol. The van der Waals surface area contributed by atoms with Crippen molar-refractivity contribution in [1.29, 1.82) is 0 Å². The molecule has 3 rings (SSSR count). The maximum atomic E-state index is 12.7. The Bertz CT molecular complexity index is 879. The van der Waals surface area contributed by atoms with Gasteiger partial charge in [-0.25, -0.2) is 0 Å². The zero-order chi connectivity index (χ0) is 18.5. The Morgan fingerprint density at radius 1 is 0.962 bits per heavy atom. The summed E-state index contributed by atoms with van der Waals surface area (Å²) in [6.07, 6.45) is 0.0599. The van der Waals surface area contributed by atoms with Gasteiger partial charge in [0.15, 0.2) is 6.10 Å². The average Bonchev–Trinajstić information content (AvgIpc) is 2.66. The molecule has 3 aromatic rings. The van der Waals surface area contributed by atoms with Gasteiger partial charge in [-0.05, 0) is 41.5 Å². The van der Waals surface area contributed by atoms with Crippen LogP contribution in [0.3, 0.4) is 0 Å². The fraction of sp³-hybridized carbons (Fsp3) is 0.261. The van der Waals surface area contributed by atoms with Gasteiger partial charge in [0.05, 0.1) is 0 Å². The largest absolute Gasteiger partial charge is 0.480 e. The Morgan fingerprint density at radius 2 is 1.65 bits per heavy atom. The molecule has 0 aliphatic rings. The van der Waals surface area contributed by atoms with E-state index in [2.05, 4.69) is 19.2 Å². The van der Waals surface area contributed by atoms with E-state index < -0.39 is 6.10 Å². The van der Waals surface area contributed by atoms with Crippen LogP contribution < -0.4 is 10.1 Å². The number of carbonyl (C=O) groups excluding carboxylic acids is 1. The number of hydrogen-bond acceptors (Lipinski definition) is 2. The van der Waals surface area contributed by atoms with Crippen LogP contribution in [0.2, 0.25) is 0 Å². The molecule has 0 aromatic heterocycles. The minimum absolute atomic E-state index is 0.127. The van der Waals surface area contributed by atoms with E-state index in [1.807, 2.05) is 73.7 Å². The minimum Gasteiger partial charge on any atom is -0.480 e. The molecule has 0 spiro atoms. The van der Waals surface area contributed by atoms with Crippen LogP contribution in [0.15, 0.2) is 66.7 Å². The van der Waals surface area contributed by atoms with Crippen LogP contribution in [0.4, 0.5) is 5.69 Å². The maximum absolute atomic E-state index is 12.7. The van der Waals surface area contributed by atoms with Gasteiger partial charge in [0.2, 0.25) is 0 Å². The van der Waals surface area contributed by atoms with Crippen molar-refractivity contribution in [3.63, 3.8) is 0 Å². The first kappa shape index (κ1) is 18.0. The van der Waals surface area contributed by atoms with Crippen molar-refractivity contribution in [3.05, 3.63) is 72.3 Å². The number of fused-ring (bicyclic) bond motifs is 1. The number of anilines is 1. The van der Waals surface area contributed by atoms with Crippen molar-refractivity contribution in [1.82, 2.24) is 0 Å². The summed E-state index contributed by atoms with van der Waals surface area (Å²) in [6.45, 7) is 6.26. The molecule has 0 radical (unpaired) electrons. The van der Waals surface area contributed by atoms with Gasteiger partial charge in [0.25, 0.3) is 5.91 Å². The van der Waals surface area contributed by atoms with Crippen LogP contribution >= 0.6 is 0 Å². The average molecular weight is 347 g/mol. The van der Waals surface area contributed by atoms with E-state index in [-0.39, 0.29) is 5.91 Å². The van der Waals surface area contributed by atoms with Gasteiger partial charge < -0.3 is 10.1 Å². The van der Waals surface area contributed by atoms with Gasteiger partial charge >= 0.3 is 0 Å². The first-order chi connectivity index (χ1) is 12.6. The predicted molar refractivity (Wildman–Crippen MR) is 108 cm³/mol. The summed E-state index contributed by atoms with van der Waals surface area (Å²) >= 11 is 0. The zero-order valence-corrected chi connectivity index (χ0v) is 15.5. The first-order valence-corrected chi connectivity index (χ1v) is 9.13. The summed E-state index contributed by atoms with van der Waals surface area (Å²) in [4.78, 5) is 12.7. The summed E-state index contributed by atoms with van der Waals surface area (Å²) < 4.78 is 6.06. The lowest BCUT2D eigenvalue weighted by Crippen LogP contribution is -2.32. The number of ether oxygens (including phenoxy) is 1. The molecule has 26 heavy (non-hydrogen) atoms. The molecule has 0 bridgehead atoms. The molecule has 0 saturated carbocycles. The molecule has 1 amide bonds. The summed E-state index contributed by atoms with van der Waals surface area (Å²) in [6, 6.07) is 21.9. The van der Waals surface area contributed by atoms with Crippen LogP contribution in [-0.2, 0) is 4.79 Å². The third-order valence-electron chi connectivity index (χ3n) is 4.53. The number of nitrogens with one attached hydrogen (secondary N) is 1. The van der Waals surface area contributed by atoms with Crippen molar-refractivity contribution in [2.75, 3.05) is 5.32 Å². The Balaban J connectivity index is 1.74. The van der Waals surface area contributed by atoms with E-state index in [4.69, 9.17) is 4.74 Å². The van der Waals surface area contributed by atoms with Crippen LogP contribution in [0.25, 0.3) is 10.8 Å². The molecule has 3 aromatic carbocycles. The summed E-state index contributed by atoms with van der Waals surface area (Å²) in [5, 5.41) is 5.08. The third kappa shape index (κ3) is 4.05. The molecule has 0 heterocycles. The van der Waals surface area contributed by atoms with Gasteiger partial charge in [-0.1, -0.05) is 69.3 Å². The molecule has 3 heteroatoms. The van der Waals surface area contributed by atoms with E-state index in [9.17, 15) is 4.79 Å². The highest BCUT2D eigenvalue weighted by Crippen LogP contribution is 2.27. The number of carbonyl (C=O) groups is 1. The molecule has 0 unspecified atom stereocenters. The number of benzene rings is 3. The van der Waals surface area contributed by atoms with E-state index in [0.29, 0.717) is 12.3 Å². The van der Waals surface area contributed by atoms with Crippen LogP contribution in [0.1, 0.15) is 38.7 Å². The van der Waals surface area contributed by atoms with Gasteiger partial charge in [0, 0.05) is 11.1 Å². The third-order valence-corrected chi connectivity index (χ3v) is 4.53. The summed E-state index contributed by atoms with van der Waals surface area (Å²) in [5.41, 5.74) is 2.04. The summed E-state index contributed by atoms with van der Waals surface area (Å²) in [7, 11) is 0. The normalized spacial score (nSPS) is 12.2. The van der Waals surface area contributed by atoms with Crippen molar-refractivity contribution in [3.8, 4) is 5.75 Å². The molecule has 0 aliphatic heterocycles. The van der Waals surface area contributed by atoms with E-state index in [1.54, 1.807) is 0 Å². The quantitative estimate of drug-likeness (QED) is 0.616. The second-order valence-corrected chi connectivity index (χ2v) is 6.76. The fourth-order valence-electron chi connectivity index (χ4n) is 2.95. The number of hydrogen-bond donors (Lipinski definition) is 1. The lowest BCUT2D eigenvalue weighted by molar-refractivity contribution is -0.122. The van der Waals surface area contributed by atoms with Gasteiger partial charge in [-0.3, -0.25) is 4.79 Å². The molecule has 3 nitrogen and oxygen atoms in total. The Labute approximate surface area is 155 Å². The number of rotatable bonds is 6. The topological polar surface area (TPSA) is 38.3 Å². The second kappa shape index (κ2) is 8.05. The van der Waals surface area contributed by atoms with Gasteiger partial charge in [0.1, 0.15) is 5.75 Å². The maximum Gasteiger partial charge on any atom is 0.265 e. The van der Waals surface area contributed by atoms with Crippen molar-refractivity contribution in [2.24, 2.45) is 0 Å². The zero-order valence-electron chi connectivity index (χ0n) is 15.5. The molecule has 1 N–H and O–H groups in total. The number of amides is 1. The SMILES string of the molecule is CC[C@@H](Oc1cccc2ccccc12)C(=O)Nc1ccc(C(C)C)cc1. The highest BCUT2D eigenvalue weighted by Gasteiger charge is 2.19. The summed E-state index contributed by atoms with van der Waals surface area (Å²) in [5.74, 6) is 1.08. The predicted octanol–water partition coefficient (Wildman–Crippen LogP) is 5.76. The van der Waals surface area contributed by atoms with Gasteiger partial charge in [-0.2, -0.15) is 0 Å². The lowest BCUT2D eigenvalue weighted by atomic mass is 10.0. The highest BCUT2D eigenvalue weighted by atomic mass is 16.5. The molecule has 0 fully saturated rings. The van der Waals surface area contributed by atoms with Crippen molar-refractivity contribution >= 4 is 22.4 Å². The van der Waals surface area contributed by atoms with Crippen LogP contribution in [0, 0.1) is 0 Å². The smallest absolute Gasteiger partial charge is 0.265 e. The monoisotopic (exact) mass is 347 g/mol. The Morgan fingerprint density at radius 3 is 2.35 bits per heavy atom. The van der Waals surface area contributed by atoms with E-state index >= 15 is 0 Å². The second-order valence-electron chi connectivity index (χ2n) is 6.76. The van der Waals surface area contributed by atoms with Gasteiger partial charge in [-0.15, -0.1) is 0 Å². The molecule has 134 valence electrons. The highest BCUT2D eigenvalue weighted by molar-refractivity contribution is 5.95.